The van der Waals surface area contributed by atoms with E-state index < -0.39 is 0 Å². The third kappa shape index (κ3) is 3.50. The molecule has 2 aromatic carbocycles. The number of aryl methyl sites for hydroxylation is 1. The second kappa shape index (κ2) is 7.13. The van der Waals surface area contributed by atoms with E-state index in [9.17, 15) is 9.59 Å². The third-order valence-corrected chi connectivity index (χ3v) is 5.02. The van der Waals surface area contributed by atoms with Crippen molar-refractivity contribution in [3.05, 3.63) is 76.2 Å². The van der Waals surface area contributed by atoms with Gasteiger partial charge in [-0.15, -0.1) is 11.3 Å². The Morgan fingerprint density at radius 3 is 2.56 bits per heavy atom. The van der Waals surface area contributed by atoms with Crippen LogP contribution in [0.2, 0.25) is 0 Å². The van der Waals surface area contributed by atoms with Crippen LogP contribution in [0.3, 0.4) is 0 Å². The van der Waals surface area contributed by atoms with Gasteiger partial charge < -0.3 is 5.32 Å². The fraction of sp³-hybridized carbons (Fsp3) is 0.100. The van der Waals surface area contributed by atoms with Crippen molar-refractivity contribution in [1.82, 2.24) is 14.8 Å². The minimum absolute atomic E-state index is 0.140. The third-order valence-electron chi connectivity index (χ3n) is 4.19. The number of carbonyl (C=O) groups is 1. The van der Waals surface area contributed by atoms with Gasteiger partial charge in [0, 0.05) is 28.2 Å². The van der Waals surface area contributed by atoms with Crippen LogP contribution in [-0.4, -0.2) is 20.7 Å². The largest absolute Gasteiger partial charge is 0.324 e. The van der Waals surface area contributed by atoms with Gasteiger partial charge in [-0.25, -0.2) is 9.67 Å². The predicted molar refractivity (Wildman–Crippen MR) is 107 cm³/mol. The van der Waals surface area contributed by atoms with Crippen LogP contribution in [0.15, 0.2) is 64.9 Å². The van der Waals surface area contributed by atoms with Crippen molar-refractivity contribution in [2.45, 2.75) is 13.5 Å². The zero-order valence-corrected chi connectivity index (χ0v) is 15.4. The molecule has 2 aromatic heterocycles. The molecule has 4 aromatic rings. The first-order valence-electron chi connectivity index (χ1n) is 8.38. The van der Waals surface area contributed by atoms with Gasteiger partial charge >= 0.3 is 0 Å². The van der Waals surface area contributed by atoms with Gasteiger partial charge in [0.1, 0.15) is 11.6 Å². The van der Waals surface area contributed by atoms with E-state index in [4.69, 9.17) is 0 Å². The van der Waals surface area contributed by atoms with Crippen molar-refractivity contribution in [3.63, 3.8) is 0 Å². The molecular formula is C20H16N4O2S. The molecule has 2 heterocycles. The Hall–Kier alpha value is -3.32. The van der Waals surface area contributed by atoms with E-state index >= 15 is 0 Å². The molecule has 134 valence electrons. The number of nitrogens with zero attached hydrogens (tertiary/aromatic N) is 3. The molecule has 0 spiro atoms. The minimum atomic E-state index is -0.304. The zero-order chi connectivity index (χ0) is 18.8. The highest BCUT2D eigenvalue weighted by molar-refractivity contribution is 7.13. The lowest BCUT2D eigenvalue weighted by atomic mass is 10.1. The number of anilines is 1. The molecule has 0 unspecified atom stereocenters. The summed E-state index contributed by atoms with van der Waals surface area (Å²) in [6.07, 6.45) is 1.76. The van der Waals surface area contributed by atoms with E-state index in [0.717, 1.165) is 16.0 Å². The number of amides is 1. The fourth-order valence-electron chi connectivity index (χ4n) is 2.91. The minimum Gasteiger partial charge on any atom is -0.324 e. The molecular weight excluding hydrogens is 360 g/mol. The van der Waals surface area contributed by atoms with Crippen molar-refractivity contribution in [3.8, 4) is 10.6 Å². The smallest absolute Gasteiger partial charge is 0.275 e. The van der Waals surface area contributed by atoms with Crippen molar-refractivity contribution >= 4 is 33.7 Å². The van der Waals surface area contributed by atoms with Gasteiger partial charge in [-0.1, -0.05) is 18.2 Å². The van der Waals surface area contributed by atoms with Gasteiger partial charge in [-0.2, -0.15) is 5.10 Å². The summed E-state index contributed by atoms with van der Waals surface area (Å²) in [5, 5.41) is 11.3. The highest BCUT2D eigenvalue weighted by Crippen LogP contribution is 2.23. The van der Waals surface area contributed by atoms with Crippen LogP contribution in [0.25, 0.3) is 21.3 Å². The summed E-state index contributed by atoms with van der Waals surface area (Å²) < 4.78 is 1.21. The molecule has 0 aliphatic carbocycles. The number of hydrogen-bond acceptors (Lipinski definition) is 5. The van der Waals surface area contributed by atoms with Crippen LogP contribution >= 0.6 is 11.3 Å². The first kappa shape index (κ1) is 17.1. The summed E-state index contributed by atoms with van der Waals surface area (Å²) in [6, 6.07) is 14.7. The van der Waals surface area contributed by atoms with Gasteiger partial charge in [0.15, 0.2) is 0 Å². The summed E-state index contributed by atoms with van der Waals surface area (Å²) in [7, 11) is 0. The molecule has 0 aliphatic rings. The number of fused-ring (bicyclic) bond motifs is 1. The van der Waals surface area contributed by atoms with Gasteiger partial charge in [0.05, 0.1) is 11.1 Å². The maximum absolute atomic E-state index is 12.6. The van der Waals surface area contributed by atoms with Crippen LogP contribution in [0.5, 0.6) is 0 Å². The van der Waals surface area contributed by atoms with Crippen molar-refractivity contribution < 1.29 is 4.79 Å². The monoisotopic (exact) mass is 376 g/mol. The van der Waals surface area contributed by atoms with E-state index in [2.05, 4.69) is 15.4 Å². The van der Waals surface area contributed by atoms with E-state index in [1.54, 1.807) is 29.7 Å². The molecule has 4 rings (SSSR count). The molecule has 1 amide bonds. The Bertz CT molecular complexity index is 1170. The molecule has 7 heteroatoms. The highest BCUT2D eigenvalue weighted by atomic mass is 32.1. The number of hydrogen-bond donors (Lipinski definition) is 1. The lowest BCUT2D eigenvalue weighted by Crippen LogP contribution is -2.30. The van der Waals surface area contributed by atoms with Gasteiger partial charge in [-0.3, -0.25) is 9.59 Å². The Labute approximate surface area is 159 Å². The topological polar surface area (TPSA) is 76.9 Å². The van der Waals surface area contributed by atoms with E-state index in [0.29, 0.717) is 16.8 Å². The molecule has 27 heavy (non-hydrogen) atoms. The van der Waals surface area contributed by atoms with Crippen LogP contribution in [0, 0.1) is 6.92 Å². The number of carbonyl (C=O) groups excluding carboxylic acids is 1. The van der Waals surface area contributed by atoms with Gasteiger partial charge in [0.2, 0.25) is 5.91 Å². The number of thiazole rings is 1. The molecule has 0 fully saturated rings. The molecule has 6 nitrogen and oxygen atoms in total. The maximum Gasteiger partial charge on any atom is 0.275 e. The molecule has 1 N–H and O–H groups in total. The van der Waals surface area contributed by atoms with Crippen molar-refractivity contribution in [2.24, 2.45) is 0 Å². The molecule has 0 saturated heterocycles. The lowest BCUT2D eigenvalue weighted by Gasteiger charge is -2.09. The lowest BCUT2D eigenvalue weighted by molar-refractivity contribution is -0.117. The molecule has 0 saturated carbocycles. The summed E-state index contributed by atoms with van der Waals surface area (Å²) in [4.78, 5) is 29.2. The first-order chi connectivity index (χ1) is 13.1. The summed E-state index contributed by atoms with van der Waals surface area (Å²) >= 11 is 1.56. The van der Waals surface area contributed by atoms with Gasteiger partial charge in [0.25, 0.3) is 5.56 Å². The Balaban J connectivity index is 1.52. The SMILES string of the molecule is Cc1nn(CC(=O)Nc2ccc(-c3nccs3)cc2)c(=O)c2ccccc12. The van der Waals surface area contributed by atoms with Crippen molar-refractivity contribution in [1.29, 1.82) is 0 Å². The Morgan fingerprint density at radius 2 is 1.85 bits per heavy atom. The van der Waals surface area contributed by atoms with Gasteiger partial charge in [-0.05, 0) is 37.3 Å². The summed E-state index contributed by atoms with van der Waals surface area (Å²) in [5.74, 6) is -0.304. The van der Waals surface area contributed by atoms with Crippen molar-refractivity contribution in [2.75, 3.05) is 5.32 Å². The van der Waals surface area contributed by atoms with Crippen LogP contribution in [0.1, 0.15) is 5.69 Å². The van der Waals surface area contributed by atoms with Crippen LogP contribution < -0.4 is 10.9 Å². The fourth-order valence-corrected chi connectivity index (χ4v) is 3.55. The highest BCUT2D eigenvalue weighted by Gasteiger charge is 2.11. The quantitative estimate of drug-likeness (QED) is 0.592. The average Bonchev–Trinajstić information content (AvgIpc) is 3.21. The zero-order valence-electron chi connectivity index (χ0n) is 14.5. The predicted octanol–water partition coefficient (Wildman–Crippen LogP) is 3.47. The Morgan fingerprint density at radius 1 is 1.11 bits per heavy atom. The summed E-state index contributed by atoms with van der Waals surface area (Å²) in [5.41, 5.74) is 2.09. The molecule has 0 radical (unpaired) electrons. The molecule has 0 bridgehead atoms. The number of rotatable bonds is 4. The summed E-state index contributed by atoms with van der Waals surface area (Å²) in [6.45, 7) is 1.69. The second-order valence-electron chi connectivity index (χ2n) is 6.06. The number of aromatic nitrogens is 3. The Kier molecular flexibility index (Phi) is 4.52. The molecule has 0 atom stereocenters. The van der Waals surface area contributed by atoms with E-state index in [1.807, 2.05) is 48.7 Å². The van der Waals surface area contributed by atoms with Crippen LogP contribution in [-0.2, 0) is 11.3 Å². The number of nitrogens with one attached hydrogen (secondary N) is 1. The van der Waals surface area contributed by atoms with Crippen LogP contribution in [0.4, 0.5) is 5.69 Å². The molecule has 0 aliphatic heterocycles. The standard InChI is InChI=1S/C20H16N4O2S/c1-13-16-4-2-3-5-17(16)20(26)24(23-13)12-18(25)22-15-8-6-14(7-9-15)19-21-10-11-27-19/h2-11H,12H2,1H3,(H,22,25). The normalized spacial score (nSPS) is 10.9. The van der Waals surface area contributed by atoms with E-state index in [1.165, 1.54) is 4.68 Å². The second-order valence-corrected chi connectivity index (χ2v) is 6.95. The van der Waals surface area contributed by atoms with E-state index in [-0.39, 0.29) is 18.0 Å². The maximum atomic E-state index is 12.6. The number of benzene rings is 2. The average molecular weight is 376 g/mol. The first-order valence-corrected chi connectivity index (χ1v) is 9.26.